The Morgan fingerprint density at radius 1 is 0.821 bits per heavy atom. The van der Waals surface area contributed by atoms with Gasteiger partial charge in [0.05, 0.1) is 23.4 Å². The predicted molar refractivity (Wildman–Crippen MR) is 97.0 cm³/mol. The molecule has 0 spiro atoms. The smallest absolute Gasteiger partial charge is 0.369 e. The first kappa shape index (κ1) is 18.5. The Morgan fingerprint density at radius 2 is 1.43 bits per heavy atom. The highest BCUT2D eigenvalue weighted by atomic mass is 19.4. The van der Waals surface area contributed by atoms with E-state index < -0.39 is 11.7 Å². The van der Waals surface area contributed by atoms with Crippen LogP contribution < -0.4 is 4.90 Å². The van der Waals surface area contributed by atoms with E-state index in [-0.39, 0.29) is 18.5 Å². The van der Waals surface area contributed by atoms with Gasteiger partial charge in [-0.15, -0.1) is 0 Å². The van der Waals surface area contributed by atoms with E-state index in [0.29, 0.717) is 43.0 Å². The first-order valence-corrected chi connectivity index (χ1v) is 8.94. The molecule has 1 saturated heterocycles. The lowest BCUT2D eigenvalue weighted by Crippen LogP contribution is -2.51. The Balaban J connectivity index is 1.39. The van der Waals surface area contributed by atoms with E-state index in [9.17, 15) is 22.8 Å². The van der Waals surface area contributed by atoms with Gasteiger partial charge in [0.15, 0.2) is 0 Å². The molecule has 2 aliphatic rings. The number of alkyl halides is 3. The van der Waals surface area contributed by atoms with E-state index in [1.807, 2.05) is 9.80 Å². The van der Waals surface area contributed by atoms with Crippen molar-refractivity contribution in [2.75, 3.05) is 37.7 Å². The van der Waals surface area contributed by atoms with Crippen molar-refractivity contribution in [3.63, 3.8) is 0 Å². The monoisotopic (exact) mass is 389 g/mol. The zero-order chi connectivity index (χ0) is 19.9. The number of carbonyl (C=O) groups excluding carboxylic acids is 2. The fourth-order valence-electron chi connectivity index (χ4n) is 3.59. The number of halogens is 3. The molecule has 0 aliphatic carbocycles. The normalized spacial score (nSPS) is 18.0. The van der Waals surface area contributed by atoms with Gasteiger partial charge in [-0.2, -0.15) is 13.2 Å². The number of benzene rings is 2. The molecule has 2 aromatic rings. The van der Waals surface area contributed by atoms with Crippen molar-refractivity contribution in [1.29, 1.82) is 0 Å². The average Bonchev–Trinajstić information content (AvgIpc) is 2.93. The summed E-state index contributed by atoms with van der Waals surface area (Å²) in [5.41, 5.74) is 0.680. The number of anilines is 1. The van der Waals surface area contributed by atoms with Crippen LogP contribution >= 0.6 is 0 Å². The van der Waals surface area contributed by atoms with Gasteiger partial charge < -0.3 is 4.90 Å². The van der Waals surface area contributed by atoms with Crippen LogP contribution in [0.1, 0.15) is 26.3 Å². The van der Waals surface area contributed by atoms with Crippen LogP contribution in [-0.4, -0.2) is 54.5 Å². The van der Waals surface area contributed by atoms with Crippen molar-refractivity contribution in [1.82, 2.24) is 9.80 Å². The zero-order valence-electron chi connectivity index (χ0n) is 14.9. The highest BCUT2D eigenvalue weighted by Crippen LogP contribution is 2.32. The van der Waals surface area contributed by atoms with Crippen LogP contribution in [-0.2, 0) is 6.18 Å². The molecule has 5 nitrogen and oxygen atoms in total. The zero-order valence-corrected chi connectivity index (χ0v) is 14.9. The minimum absolute atomic E-state index is 0.183. The largest absolute Gasteiger partial charge is 0.416 e. The molecule has 0 unspecified atom stereocenters. The summed E-state index contributed by atoms with van der Waals surface area (Å²) in [6.45, 7) is 2.31. The molecular formula is C20H18F3N3O2. The van der Waals surface area contributed by atoms with Gasteiger partial charge in [0, 0.05) is 31.9 Å². The third-order valence-corrected chi connectivity index (χ3v) is 5.13. The standard InChI is InChI=1S/C20H18F3N3O2/c21-20(22,23)14-4-3-5-15(12-14)25-10-8-24(9-11-25)13-26-18(27)16-6-1-2-7-17(16)19(26)28/h1-7,12H,8-11,13H2. The molecule has 0 saturated carbocycles. The van der Waals surface area contributed by atoms with E-state index in [1.54, 1.807) is 30.3 Å². The van der Waals surface area contributed by atoms with Gasteiger partial charge in [-0.1, -0.05) is 18.2 Å². The molecule has 2 aliphatic heterocycles. The summed E-state index contributed by atoms with van der Waals surface area (Å²) in [6.07, 6.45) is -4.37. The molecule has 4 rings (SSSR count). The molecule has 0 N–H and O–H groups in total. The lowest BCUT2D eigenvalue weighted by molar-refractivity contribution is -0.137. The summed E-state index contributed by atoms with van der Waals surface area (Å²) in [4.78, 5) is 30.0. The van der Waals surface area contributed by atoms with Crippen LogP contribution in [0, 0.1) is 0 Å². The first-order valence-electron chi connectivity index (χ1n) is 8.94. The molecule has 8 heteroatoms. The topological polar surface area (TPSA) is 43.9 Å². The number of amides is 2. The molecule has 2 amide bonds. The number of hydrogen-bond donors (Lipinski definition) is 0. The third-order valence-electron chi connectivity index (χ3n) is 5.13. The van der Waals surface area contributed by atoms with Crippen molar-refractivity contribution >= 4 is 17.5 Å². The van der Waals surface area contributed by atoms with Gasteiger partial charge in [-0.25, -0.2) is 0 Å². The maximum Gasteiger partial charge on any atom is 0.416 e. The number of imide groups is 1. The van der Waals surface area contributed by atoms with Crippen LogP contribution in [0.4, 0.5) is 18.9 Å². The summed E-state index contributed by atoms with van der Waals surface area (Å²) in [6, 6.07) is 12.0. The number of nitrogens with zero attached hydrogens (tertiary/aromatic N) is 3. The Labute approximate surface area is 159 Å². The van der Waals surface area contributed by atoms with Crippen molar-refractivity contribution < 1.29 is 22.8 Å². The third kappa shape index (κ3) is 3.35. The quantitative estimate of drug-likeness (QED) is 0.757. The number of carbonyl (C=O) groups is 2. The van der Waals surface area contributed by atoms with Crippen LogP contribution in [0.25, 0.3) is 0 Å². The van der Waals surface area contributed by atoms with Crippen LogP contribution in [0.3, 0.4) is 0 Å². The fraction of sp³-hybridized carbons (Fsp3) is 0.300. The minimum atomic E-state index is -4.37. The summed E-state index contributed by atoms with van der Waals surface area (Å²) in [5.74, 6) is -0.609. The molecule has 2 heterocycles. The lowest BCUT2D eigenvalue weighted by Gasteiger charge is -2.37. The average molecular weight is 389 g/mol. The SMILES string of the molecule is O=C1c2ccccc2C(=O)N1CN1CCN(c2cccc(C(F)(F)F)c2)CC1. The maximum atomic E-state index is 12.9. The fourth-order valence-corrected chi connectivity index (χ4v) is 3.59. The van der Waals surface area contributed by atoms with E-state index in [2.05, 4.69) is 0 Å². The Kier molecular flexibility index (Phi) is 4.58. The Bertz CT molecular complexity index is 886. The Morgan fingerprint density at radius 3 is 2.00 bits per heavy atom. The maximum absolute atomic E-state index is 12.9. The summed E-state index contributed by atoms with van der Waals surface area (Å²) in [7, 11) is 0. The number of hydrogen-bond acceptors (Lipinski definition) is 4. The van der Waals surface area contributed by atoms with Crippen molar-refractivity contribution in [2.45, 2.75) is 6.18 Å². The van der Waals surface area contributed by atoms with Gasteiger partial charge in [-0.05, 0) is 30.3 Å². The number of rotatable bonds is 3. The molecule has 0 atom stereocenters. The highest BCUT2D eigenvalue weighted by Gasteiger charge is 2.36. The Hall–Kier alpha value is -2.87. The van der Waals surface area contributed by atoms with Gasteiger partial charge >= 0.3 is 6.18 Å². The van der Waals surface area contributed by atoms with Crippen LogP contribution in [0.15, 0.2) is 48.5 Å². The van der Waals surface area contributed by atoms with Crippen molar-refractivity contribution in [3.05, 3.63) is 65.2 Å². The van der Waals surface area contributed by atoms with Gasteiger partial charge in [0.2, 0.25) is 0 Å². The summed E-state index contributed by atoms with van der Waals surface area (Å²) >= 11 is 0. The second-order valence-corrected chi connectivity index (χ2v) is 6.88. The molecule has 2 aromatic carbocycles. The van der Waals surface area contributed by atoms with E-state index >= 15 is 0 Å². The highest BCUT2D eigenvalue weighted by molar-refractivity contribution is 6.21. The summed E-state index contributed by atoms with van der Waals surface area (Å²) < 4.78 is 38.7. The van der Waals surface area contributed by atoms with Gasteiger partial charge in [0.1, 0.15) is 0 Å². The molecule has 146 valence electrons. The second kappa shape index (κ2) is 6.94. The van der Waals surface area contributed by atoms with Crippen LogP contribution in [0.5, 0.6) is 0 Å². The first-order chi connectivity index (χ1) is 13.3. The number of fused-ring (bicyclic) bond motifs is 1. The molecule has 0 aromatic heterocycles. The predicted octanol–water partition coefficient (Wildman–Crippen LogP) is 3.08. The van der Waals surface area contributed by atoms with Crippen molar-refractivity contribution in [3.8, 4) is 0 Å². The molecule has 28 heavy (non-hydrogen) atoms. The van der Waals surface area contributed by atoms with E-state index in [4.69, 9.17) is 0 Å². The lowest BCUT2D eigenvalue weighted by atomic mass is 10.1. The second-order valence-electron chi connectivity index (χ2n) is 6.88. The van der Waals surface area contributed by atoms with Gasteiger partial charge in [0.25, 0.3) is 11.8 Å². The molecule has 1 fully saturated rings. The van der Waals surface area contributed by atoms with E-state index in [0.717, 1.165) is 12.1 Å². The number of piperazine rings is 1. The molecule has 0 bridgehead atoms. The summed E-state index contributed by atoms with van der Waals surface area (Å²) in [5, 5.41) is 0. The molecule has 0 radical (unpaired) electrons. The van der Waals surface area contributed by atoms with Crippen molar-refractivity contribution in [2.24, 2.45) is 0 Å². The van der Waals surface area contributed by atoms with E-state index in [1.165, 1.54) is 11.0 Å². The molecular weight excluding hydrogens is 371 g/mol. The van der Waals surface area contributed by atoms with Crippen LogP contribution in [0.2, 0.25) is 0 Å². The minimum Gasteiger partial charge on any atom is -0.369 e. The van der Waals surface area contributed by atoms with Gasteiger partial charge in [-0.3, -0.25) is 19.4 Å².